The Morgan fingerprint density at radius 3 is 1.22 bits per heavy atom. The second kappa shape index (κ2) is 36.2. The molecule has 0 radical (unpaired) electrons. The van der Waals surface area contributed by atoms with E-state index in [0.29, 0.717) is 39.6 Å². The predicted octanol–water partition coefficient (Wildman–Crippen LogP) is 11.9. The zero-order valence-electron chi connectivity index (χ0n) is 41.6. The third kappa shape index (κ3) is 32.3. The lowest BCUT2D eigenvalue weighted by atomic mass is 9.91. The van der Waals surface area contributed by atoms with Gasteiger partial charge < -0.3 is 28.4 Å². The molecule has 11 heteroatoms. The first-order valence-corrected chi connectivity index (χ1v) is 22.3. The summed E-state index contributed by atoms with van der Waals surface area (Å²) < 4.78 is 29.9. The Hall–Kier alpha value is -3.47. The van der Waals surface area contributed by atoms with Crippen molar-refractivity contribution in [1.29, 1.82) is 0 Å². The molecule has 0 aliphatic rings. The molecule has 11 nitrogen and oxygen atoms in total. The van der Waals surface area contributed by atoms with Crippen molar-refractivity contribution in [2.24, 2.45) is 27.6 Å². The van der Waals surface area contributed by atoms with Gasteiger partial charge in [-0.3, -0.25) is 24.0 Å². The average molecular weight is 855 g/mol. The molecule has 0 saturated heterocycles. The first kappa shape index (κ1) is 63.2. The highest BCUT2D eigenvalue weighted by Crippen LogP contribution is 2.24. The molecular weight excluding hydrogens is 765 g/mol. The van der Waals surface area contributed by atoms with E-state index in [0.717, 1.165) is 63.4 Å². The number of hydrogen-bond acceptors (Lipinski definition) is 11. The van der Waals surface area contributed by atoms with Gasteiger partial charge in [0, 0.05) is 7.11 Å². The summed E-state index contributed by atoms with van der Waals surface area (Å²) in [5.41, 5.74) is -0.343. The zero-order valence-corrected chi connectivity index (χ0v) is 41.6. The molecule has 1 rings (SSSR count). The molecule has 1 unspecified atom stereocenters. The van der Waals surface area contributed by atoms with Crippen LogP contribution in [0.1, 0.15) is 181 Å². The van der Waals surface area contributed by atoms with E-state index in [1.54, 1.807) is 7.11 Å². The summed E-state index contributed by atoms with van der Waals surface area (Å²) in [6, 6.07) is 9.72. The smallest absolute Gasteiger partial charge is 0.311 e. The molecule has 0 aliphatic heterocycles. The normalized spacial score (nSPS) is 11.5. The molecule has 1 aromatic carbocycles. The molecule has 0 amide bonds. The molecule has 0 aliphatic carbocycles. The van der Waals surface area contributed by atoms with Crippen LogP contribution in [0.2, 0.25) is 0 Å². The third-order valence-electron chi connectivity index (χ3n) is 10.2. The fourth-order valence-corrected chi connectivity index (χ4v) is 3.37. The van der Waals surface area contributed by atoms with Crippen LogP contribution in [-0.4, -0.2) is 70.0 Å². The Kier molecular flexibility index (Phi) is 38.1. The highest BCUT2D eigenvalue weighted by atomic mass is 16.6. The molecular formula is C49H90O11. The number of carbonyl (C=O) groups excluding carboxylic acids is 5. The molecule has 60 heavy (non-hydrogen) atoms. The van der Waals surface area contributed by atoms with Gasteiger partial charge in [-0.15, -0.1) is 0 Å². The van der Waals surface area contributed by atoms with Crippen molar-refractivity contribution < 1.29 is 52.4 Å². The summed E-state index contributed by atoms with van der Waals surface area (Å²) in [5.74, 6) is -0.445. The number of ether oxygens (including phenoxy) is 6. The summed E-state index contributed by atoms with van der Waals surface area (Å²) in [6.45, 7) is 35.8. The maximum atomic E-state index is 11.6. The van der Waals surface area contributed by atoms with Crippen molar-refractivity contribution in [3.05, 3.63) is 35.9 Å². The maximum absolute atomic E-state index is 11.6. The first-order chi connectivity index (χ1) is 27.9. The van der Waals surface area contributed by atoms with Gasteiger partial charge in [0.25, 0.3) is 0 Å². The highest BCUT2D eigenvalue weighted by molar-refractivity contribution is 5.77. The van der Waals surface area contributed by atoms with Crippen LogP contribution in [0.25, 0.3) is 0 Å². The zero-order chi connectivity index (χ0) is 47.4. The van der Waals surface area contributed by atoms with Crippen LogP contribution in [0.15, 0.2) is 30.3 Å². The van der Waals surface area contributed by atoms with E-state index in [9.17, 15) is 24.0 Å². The molecule has 0 spiro atoms. The Labute approximate surface area is 367 Å². The molecule has 0 saturated carbocycles. The van der Waals surface area contributed by atoms with Crippen molar-refractivity contribution in [3.8, 4) is 0 Å². The average Bonchev–Trinajstić information content (AvgIpc) is 3.23. The summed E-state index contributed by atoms with van der Waals surface area (Å²) in [7, 11) is 1.58. The lowest BCUT2D eigenvalue weighted by Crippen LogP contribution is -2.26. The van der Waals surface area contributed by atoms with Crippen molar-refractivity contribution in [2.75, 3.05) is 40.1 Å². The molecule has 352 valence electrons. The van der Waals surface area contributed by atoms with Gasteiger partial charge in [-0.1, -0.05) is 98.6 Å². The minimum atomic E-state index is -0.380. The standard InChI is InChI=1S/C13H18O2.C10H20O2.C9H18O3.C9H18O2.C8H16O2/c1-4-13(2,3)12(14)15-10-11-8-6-5-7-9-11;1-5-7-8-12-9(11)10(3,4)6-2;1-5-9(2,3)8(10)12-7-6-11-4;1-4-6-7-11-9(10)8(3)5-2;1-5-8(3,4)7(9)10-6-2/h5-9H,4,10H2,1-3H3;5-8H2,1-4H3;5-7H2,1-4H3;8H,4-7H2,1-3H3;5-6H2,1-4H3. The van der Waals surface area contributed by atoms with Crippen molar-refractivity contribution in [1.82, 2.24) is 0 Å². The molecule has 0 bridgehead atoms. The van der Waals surface area contributed by atoms with Crippen molar-refractivity contribution in [3.63, 3.8) is 0 Å². The molecule has 1 aromatic rings. The number of hydrogen-bond donors (Lipinski definition) is 0. The van der Waals surface area contributed by atoms with Gasteiger partial charge in [-0.25, -0.2) is 0 Å². The Bertz CT molecular complexity index is 1220. The number of methoxy groups -OCH3 is 1. The molecule has 0 aromatic heterocycles. The van der Waals surface area contributed by atoms with E-state index < -0.39 is 0 Å². The fourth-order valence-electron chi connectivity index (χ4n) is 3.37. The summed E-state index contributed by atoms with van der Waals surface area (Å²) in [6.07, 6.45) is 8.19. The van der Waals surface area contributed by atoms with Crippen LogP contribution in [-0.2, 0) is 59.0 Å². The lowest BCUT2D eigenvalue weighted by Gasteiger charge is -2.20. The second-order valence-corrected chi connectivity index (χ2v) is 17.2. The van der Waals surface area contributed by atoms with Gasteiger partial charge in [0.1, 0.15) is 13.2 Å². The van der Waals surface area contributed by atoms with Gasteiger partial charge in [0.05, 0.1) is 54.0 Å². The van der Waals surface area contributed by atoms with Crippen LogP contribution in [0.3, 0.4) is 0 Å². The summed E-state index contributed by atoms with van der Waals surface area (Å²) in [4.78, 5) is 56.4. The van der Waals surface area contributed by atoms with E-state index in [2.05, 4.69) is 13.8 Å². The van der Waals surface area contributed by atoms with Crippen LogP contribution >= 0.6 is 0 Å². The minimum Gasteiger partial charge on any atom is -0.466 e. The topological polar surface area (TPSA) is 141 Å². The quantitative estimate of drug-likeness (QED) is 0.0625. The van der Waals surface area contributed by atoms with Crippen LogP contribution < -0.4 is 0 Å². The third-order valence-corrected chi connectivity index (χ3v) is 10.2. The van der Waals surface area contributed by atoms with Gasteiger partial charge >= 0.3 is 29.8 Å². The molecule has 0 fully saturated rings. The van der Waals surface area contributed by atoms with E-state index in [1.165, 1.54) is 0 Å². The van der Waals surface area contributed by atoms with Gasteiger partial charge in [0.15, 0.2) is 0 Å². The Balaban J connectivity index is -0.000000329. The van der Waals surface area contributed by atoms with Crippen LogP contribution in [0, 0.1) is 27.6 Å². The van der Waals surface area contributed by atoms with E-state index in [1.807, 2.05) is 134 Å². The second-order valence-electron chi connectivity index (χ2n) is 17.2. The van der Waals surface area contributed by atoms with Crippen LogP contribution in [0.5, 0.6) is 0 Å². The van der Waals surface area contributed by atoms with Crippen molar-refractivity contribution >= 4 is 29.8 Å². The summed E-state index contributed by atoms with van der Waals surface area (Å²) in [5, 5.41) is 0. The van der Waals surface area contributed by atoms with Gasteiger partial charge in [-0.05, 0) is 113 Å². The van der Waals surface area contributed by atoms with Gasteiger partial charge in [-0.2, -0.15) is 0 Å². The van der Waals surface area contributed by atoms with E-state index in [4.69, 9.17) is 28.4 Å². The number of carbonyl (C=O) groups is 5. The largest absolute Gasteiger partial charge is 0.466 e. The monoisotopic (exact) mass is 855 g/mol. The molecule has 0 heterocycles. The lowest BCUT2D eigenvalue weighted by molar-refractivity contribution is -0.156. The predicted molar refractivity (Wildman–Crippen MR) is 243 cm³/mol. The number of rotatable bonds is 22. The number of unbranched alkanes of at least 4 members (excludes halogenated alkanes) is 2. The number of esters is 5. The molecule has 0 N–H and O–H groups in total. The van der Waals surface area contributed by atoms with Crippen molar-refractivity contribution in [2.45, 2.75) is 182 Å². The SMILES string of the molecule is CCC(C)(C)C(=O)OCCOC.CCC(C)(C)C(=O)OCc1ccccc1.CCCCOC(=O)C(C)(C)CC.CCCCOC(=O)C(C)CC.CCOC(=O)C(C)(C)CC. The minimum absolute atomic E-state index is 0.0547. The maximum Gasteiger partial charge on any atom is 0.311 e. The first-order valence-electron chi connectivity index (χ1n) is 22.3. The Morgan fingerprint density at radius 1 is 0.500 bits per heavy atom. The van der Waals surface area contributed by atoms with Gasteiger partial charge in [0.2, 0.25) is 0 Å². The van der Waals surface area contributed by atoms with E-state index in [-0.39, 0.29) is 57.4 Å². The molecule has 1 atom stereocenters. The van der Waals surface area contributed by atoms with Crippen LogP contribution in [0.4, 0.5) is 0 Å². The highest BCUT2D eigenvalue weighted by Gasteiger charge is 2.29. The van der Waals surface area contributed by atoms with E-state index >= 15 is 0 Å². The summed E-state index contributed by atoms with van der Waals surface area (Å²) >= 11 is 0. The fraction of sp³-hybridized carbons (Fsp3) is 0.776. The Morgan fingerprint density at radius 2 is 0.867 bits per heavy atom. The number of benzene rings is 1.